The first-order valence-electron chi connectivity index (χ1n) is 5.66. The first-order chi connectivity index (χ1) is 8.58. The van der Waals surface area contributed by atoms with Gasteiger partial charge < -0.3 is 10.5 Å². The van der Waals surface area contributed by atoms with Crippen LogP contribution in [-0.4, -0.2) is 9.97 Å². The van der Waals surface area contributed by atoms with Gasteiger partial charge >= 0.3 is 0 Å². The lowest BCUT2D eigenvalue weighted by molar-refractivity contribution is 0.455. The number of nitrogens with two attached hydrogens (primary N) is 1. The number of benzene rings is 1. The van der Waals surface area contributed by atoms with E-state index in [2.05, 4.69) is 25.9 Å². The molecule has 1 aromatic carbocycles. The van der Waals surface area contributed by atoms with E-state index in [1.807, 2.05) is 32.0 Å². The van der Waals surface area contributed by atoms with Gasteiger partial charge in [-0.3, -0.25) is 0 Å². The number of aryl methyl sites for hydroxylation is 2. The van der Waals surface area contributed by atoms with Crippen molar-refractivity contribution in [3.63, 3.8) is 0 Å². The molecule has 0 saturated heterocycles. The van der Waals surface area contributed by atoms with Crippen LogP contribution in [0.25, 0.3) is 0 Å². The Morgan fingerprint density at radius 1 is 1.28 bits per heavy atom. The van der Waals surface area contributed by atoms with Gasteiger partial charge in [0.05, 0.1) is 0 Å². The molecular formula is C13H14BrN3O. The third-order valence-electron chi connectivity index (χ3n) is 2.45. The van der Waals surface area contributed by atoms with Crippen molar-refractivity contribution in [3.8, 4) is 11.6 Å². The maximum Gasteiger partial charge on any atom is 0.224 e. The number of ether oxygens (including phenoxy) is 1. The standard InChI is InChI=1S/C13H14BrN3O/c1-3-12-16-11(15)7-13(17-12)18-10-6-9(14)5-4-8(10)2/h4-7H,3H2,1-2H3,(H2,15,16,17). The van der Waals surface area contributed by atoms with Gasteiger partial charge in [-0.25, -0.2) is 4.98 Å². The molecule has 1 aromatic heterocycles. The summed E-state index contributed by atoms with van der Waals surface area (Å²) < 4.78 is 6.71. The zero-order chi connectivity index (χ0) is 13.1. The summed E-state index contributed by atoms with van der Waals surface area (Å²) in [4.78, 5) is 8.40. The number of hydrogen-bond acceptors (Lipinski definition) is 4. The van der Waals surface area contributed by atoms with E-state index in [0.29, 0.717) is 17.5 Å². The second-order valence-corrected chi connectivity index (χ2v) is 4.83. The minimum Gasteiger partial charge on any atom is -0.439 e. The number of nitrogens with zero attached hydrogens (tertiary/aromatic N) is 2. The van der Waals surface area contributed by atoms with Crippen LogP contribution in [0, 0.1) is 6.92 Å². The van der Waals surface area contributed by atoms with Crippen LogP contribution in [0.3, 0.4) is 0 Å². The first kappa shape index (κ1) is 12.8. The van der Waals surface area contributed by atoms with Crippen molar-refractivity contribution >= 4 is 21.7 Å². The lowest BCUT2D eigenvalue weighted by atomic mass is 10.2. The highest BCUT2D eigenvalue weighted by molar-refractivity contribution is 9.10. The van der Waals surface area contributed by atoms with Crippen molar-refractivity contribution in [1.82, 2.24) is 9.97 Å². The lowest BCUT2D eigenvalue weighted by Gasteiger charge is -2.09. The van der Waals surface area contributed by atoms with E-state index < -0.39 is 0 Å². The zero-order valence-electron chi connectivity index (χ0n) is 10.3. The molecule has 0 unspecified atom stereocenters. The van der Waals surface area contributed by atoms with E-state index in [9.17, 15) is 0 Å². The van der Waals surface area contributed by atoms with Crippen LogP contribution in [0.1, 0.15) is 18.3 Å². The Morgan fingerprint density at radius 2 is 2.06 bits per heavy atom. The van der Waals surface area contributed by atoms with Crippen LogP contribution in [-0.2, 0) is 6.42 Å². The average Bonchev–Trinajstić information content (AvgIpc) is 2.33. The normalized spacial score (nSPS) is 10.4. The molecule has 0 radical (unpaired) electrons. The zero-order valence-corrected chi connectivity index (χ0v) is 11.9. The van der Waals surface area contributed by atoms with Crippen molar-refractivity contribution in [2.75, 3.05) is 5.73 Å². The molecule has 0 aliphatic carbocycles. The molecule has 0 aliphatic rings. The molecule has 4 nitrogen and oxygen atoms in total. The fraction of sp³-hybridized carbons (Fsp3) is 0.231. The first-order valence-corrected chi connectivity index (χ1v) is 6.45. The molecule has 0 amide bonds. The topological polar surface area (TPSA) is 61.0 Å². The van der Waals surface area contributed by atoms with Gasteiger partial charge in [-0.1, -0.05) is 28.9 Å². The fourth-order valence-electron chi connectivity index (χ4n) is 1.50. The smallest absolute Gasteiger partial charge is 0.224 e. The van der Waals surface area contributed by atoms with Crippen LogP contribution in [0.4, 0.5) is 5.82 Å². The second-order valence-electron chi connectivity index (χ2n) is 3.91. The number of halogens is 1. The Balaban J connectivity index is 2.33. The lowest BCUT2D eigenvalue weighted by Crippen LogP contribution is -2.00. The number of nitrogen functional groups attached to an aromatic ring is 1. The summed E-state index contributed by atoms with van der Waals surface area (Å²) >= 11 is 3.41. The van der Waals surface area contributed by atoms with Crippen LogP contribution >= 0.6 is 15.9 Å². The number of anilines is 1. The second kappa shape index (κ2) is 5.35. The SMILES string of the molecule is CCc1nc(N)cc(Oc2cc(Br)ccc2C)n1. The Kier molecular flexibility index (Phi) is 3.81. The van der Waals surface area contributed by atoms with E-state index >= 15 is 0 Å². The molecule has 0 bridgehead atoms. The van der Waals surface area contributed by atoms with Gasteiger partial charge in [0.25, 0.3) is 0 Å². The van der Waals surface area contributed by atoms with Gasteiger partial charge in [-0.2, -0.15) is 4.98 Å². The minimum atomic E-state index is 0.421. The van der Waals surface area contributed by atoms with E-state index in [1.54, 1.807) is 6.07 Å². The Hall–Kier alpha value is -1.62. The van der Waals surface area contributed by atoms with E-state index in [0.717, 1.165) is 22.2 Å². The number of aromatic nitrogens is 2. The predicted molar refractivity (Wildman–Crippen MR) is 74.8 cm³/mol. The molecule has 5 heteroatoms. The monoisotopic (exact) mass is 307 g/mol. The quantitative estimate of drug-likeness (QED) is 0.943. The highest BCUT2D eigenvalue weighted by Crippen LogP contribution is 2.27. The maximum atomic E-state index is 5.75. The van der Waals surface area contributed by atoms with Gasteiger partial charge in [-0.15, -0.1) is 0 Å². The molecule has 94 valence electrons. The van der Waals surface area contributed by atoms with Gasteiger partial charge in [0, 0.05) is 17.0 Å². The van der Waals surface area contributed by atoms with E-state index in [4.69, 9.17) is 10.5 Å². The van der Waals surface area contributed by atoms with Crippen molar-refractivity contribution in [2.24, 2.45) is 0 Å². The predicted octanol–water partition coefficient (Wildman–Crippen LogP) is 3.48. The Labute approximate surface area is 114 Å². The van der Waals surface area contributed by atoms with Crippen molar-refractivity contribution in [1.29, 1.82) is 0 Å². The summed E-state index contributed by atoms with van der Waals surface area (Å²) in [5.74, 6) is 2.33. The Bertz CT molecular complexity index is 572. The largest absolute Gasteiger partial charge is 0.439 e. The van der Waals surface area contributed by atoms with Gasteiger partial charge in [-0.05, 0) is 24.6 Å². The highest BCUT2D eigenvalue weighted by Gasteiger charge is 2.06. The van der Waals surface area contributed by atoms with Gasteiger partial charge in [0.2, 0.25) is 5.88 Å². The molecule has 0 aliphatic heterocycles. The third-order valence-corrected chi connectivity index (χ3v) is 2.94. The van der Waals surface area contributed by atoms with Crippen LogP contribution in [0.5, 0.6) is 11.6 Å². The van der Waals surface area contributed by atoms with Crippen molar-refractivity contribution < 1.29 is 4.74 Å². The summed E-state index contributed by atoms with van der Waals surface area (Å²) in [5, 5.41) is 0. The summed E-state index contributed by atoms with van der Waals surface area (Å²) in [7, 11) is 0. The fourth-order valence-corrected chi connectivity index (χ4v) is 1.84. The van der Waals surface area contributed by atoms with Crippen molar-refractivity contribution in [3.05, 3.63) is 40.1 Å². The molecule has 0 fully saturated rings. The van der Waals surface area contributed by atoms with Gasteiger partial charge in [0.1, 0.15) is 17.4 Å². The van der Waals surface area contributed by atoms with Gasteiger partial charge in [0.15, 0.2) is 0 Å². The molecule has 0 spiro atoms. The Morgan fingerprint density at radius 3 is 2.78 bits per heavy atom. The summed E-state index contributed by atoms with van der Waals surface area (Å²) in [6, 6.07) is 7.47. The van der Waals surface area contributed by atoms with Crippen molar-refractivity contribution in [2.45, 2.75) is 20.3 Å². The van der Waals surface area contributed by atoms with Crippen LogP contribution in [0.2, 0.25) is 0 Å². The summed E-state index contributed by atoms with van der Waals surface area (Å²) in [6.45, 7) is 3.95. The highest BCUT2D eigenvalue weighted by atomic mass is 79.9. The summed E-state index contributed by atoms with van der Waals surface area (Å²) in [5.41, 5.74) is 6.75. The molecule has 2 N–H and O–H groups in total. The number of rotatable bonds is 3. The maximum absolute atomic E-state index is 5.75. The van der Waals surface area contributed by atoms with Crippen LogP contribution in [0.15, 0.2) is 28.7 Å². The number of hydrogen-bond donors (Lipinski definition) is 1. The minimum absolute atomic E-state index is 0.421. The van der Waals surface area contributed by atoms with Crippen LogP contribution < -0.4 is 10.5 Å². The van der Waals surface area contributed by atoms with E-state index in [1.165, 1.54) is 0 Å². The molecular weight excluding hydrogens is 294 g/mol. The van der Waals surface area contributed by atoms with E-state index in [-0.39, 0.29) is 0 Å². The molecule has 0 saturated carbocycles. The average molecular weight is 308 g/mol. The molecule has 0 atom stereocenters. The molecule has 18 heavy (non-hydrogen) atoms. The molecule has 2 rings (SSSR count). The summed E-state index contributed by atoms with van der Waals surface area (Å²) in [6.07, 6.45) is 0.721. The third kappa shape index (κ3) is 2.98. The molecule has 2 aromatic rings. The molecule has 1 heterocycles.